The minimum atomic E-state index is -0.274. The molecule has 1 aromatic carbocycles. The largest absolute Gasteiger partial charge is 0.493 e. The lowest BCUT2D eigenvalue weighted by molar-refractivity contribution is 0.0920. The number of aryl methyl sites for hydroxylation is 1. The molecule has 0 aliphatic heterocycles. The Morgan fingerprint density at radius 2 is 1.96 bits per heavy atom. The molecule has 0 bridgehead atoms. The van der Waals surface area contributed by atoms with Crippen molar-refractivity contribution in [3.05, 3.63) is 41.1 Å². The third kappa shape index (κ3) is 3.83. The van der Waals surface area contributed by atoms with Crippen molar-refractivity contribution in [3.8, 4) is 11.5 Å². The fraction of sp³-hybridized carbons (Fsp3) is 0.412. The van der Waals surface area contributed by atoms with Crippen LogP contribution in [-0.4, -0.2) is 25.1 Å². The van der Waals surface area contributed by atoms with E-state index in [-0.39, 0.29) is 17.6 Å². The summed E-state index contributed by atoms with van der Waals surface area (Å²) in [7, 11) is 3.16. The molecule has 0 aliphatic carbocycles. The minimum Gasteiger partial charge on any atom is -0.493 e. The van der Waals surface area contributed by atoms with E-state index in [2.05, 4.69) is 10.3 Å². The smallest absolute Gasteiger partial charge is 0.289 e. The van der Waals surface area contributed by atoms with Crippen molar-refractivity contribution in [2.45, 2.75) is 33.2 Å². The molecule has 1 aromatic heterocycles. The number of nitrogens with one attached hydrogen (secondary N) is 1. The van der Waals surface area contributed by atoms with Gasteiger partial charge in [-0.05, 0) is 23.6 Å². The molecule has 23 heavy (non-hydrogen) atoms. The summed E-state index contributed by atoms with van der Waals surface area (Å²) in [6.07, 6.45) is 0. The van der Waals surface area contributed by atoms with E-state index in [0.29, 0.717) is 29.6 Å². The van der Waals surface area contributed by atoms with Crippen molar-refractivity contribution >= 4 is 5.91 Å². The highest BCUT2D eigenvalue weighted by Gasteiger charge is 2.20. The maximum absolute atomic E-state index is 12.3. The van der Waals surface area contributed by atoms with Gasteiger partial charge in [-0.25, -0.2) is 4.98 Å². The van der Waals surface area contributed by atoms with Crippen LogP contribution in [0.5, 0.6) is 11.5 Å². The lowest BCUT2D eigenvalue weighted by Gasteiger charge is -2.10. The number of nitrogens with zero attached hydrogens (tertiary/aromatic N) is 1. The molecule has 1 N–H and O–H groups in total. The standard InChI is InChI=1S/C17H22N2O4/c1-10(2)15-16(23-11(3)19-15)17(20)18-9-12-6-7-13(21-4)14(8-12)22-5/h6-8,10H,9H2,1-5H3,(H,18,20). The molecule has 0 spiro atoms. The molecule has 0 saturated carbocycles. The van der Waals surface area contributed by atoms with Crippen molar-refractivity contribution in [1.82, 2.24) is 10.3 Å². The van der Waals surface area contributed by atoms with Crippen LogP contribution in [-0.2, 0) is 6.54 Å². The lowest BCUT2D eigenvalue weighted by atomic mass is 10.1. The van der Waals surface area contributed by atoms with Gasteiger partial charge in [0.2, 0.25) is 5.76 Å². The second kappa shape index (κ2) is 7.17. The van der Waals surface area contributed by atoms with Gasteiger partial charge in [-0.1, -0.05) is 19.9 Å². The first-order valence-corrected chi connectivity index (χ1v) is 7.42. The van der Waals surface area contributed by atoms with E-state index in [4.69, 9.17) is 13.9 Å². The van der Waals surface area contributed by atoms with E-state index in [9.17, 15) is 4.79 Å². The zero-order chi connectivity index (χ0) is 17.0. The van der Waals surface area contributed by atoms with Gasteiger partial charge < -0.3 is 19.2 Å². The van der Waals surface area contributed by atoms with Gasteiger partial charge in [0.15, 0.2) is 17.4 Å². The Morgan fingerprint density at radius 1 is 1.26 bits per heavy atom. The van der Waals surface area contributed by atoms with Gasteiger partial charge in [-0.3, -0.25) is 4.79 Å². The molecule has 124 valence electrons. The number of rotatable bonds is 6. The summed E-state index contributed by atoms with van der Waals surface area (Å²) in [5.74, 6) is 1.88. The zero-order valence-corrected chi connectivity index (χ0v) is 14.1. The summed E-state index contributed by atoms with van der Waals surface area (Å²) in [5, 5.41) is 2.84. The predicted octanol–water partition coefficient (Wildman–Crippen LogP) is 3.05. The van der Waals surface area contributed by atoms with Gasteiger partial charge in [0.05, 0.1) is 19.9 Å². The lowest BCUT2D eigenvalue weighted by Crippen LogP contribution is -2.23. The topological polar surface area (TPSA) is 73.6 Å². The highest BCUT2D eigenvalue weighted by molar-refractivity contribution is 5.92. The zero-order valence-electron chi connectivity index (χ0n) is 14.1. The van der Waals surface area contributed by atoms with Crippen LogP contribution in [0.1, 0.15) is 47.5 Å². The van der Waals surface area contributed by atoms with Gasteiger partial charge in [0.1, 0.15) is 0 Å². The summed E-state index contributed by atoms with van der Waals surface area (Å²) in [6.45, 7) is 6.04. The summed E-state index contributed by atoms with van der Waals surface area (Å²) < 4.78 is 15.9. The van der Waals surface area contributed by atoms with E-state index in [1.54, 1.807) is 27.2 Å². The summed E-state index contributed by atoms with van der Waals surface area (Å²) in [4.78, 5) is 16.6. The number of hydrogen-bond donors (Lipinski definition) is 1. The summed E-state index contributed by atoms with van der Waals surface area (Å²) in [6, 6.07) is 5.50. The molecule has 1 amide bonds. The average Bonchev–Trinajstić information content (AvgIpc) is 2.94. The van der Waals surface area contributed by atoms with E-state index in [0.717, 1.165) is 5.56 Å². The van der Waals surface area contributed by atoms with Crippen molar-refractivity contribution in [3.63, 3.8) is 0 Å². The molecule has 0 unspecified atom stereocenters. The third-order valence-electron chi connectivity index (χ3n) is 3.41. The van der Waals surface area contributed by atoms with Crippen LogP contribution in [0, 0.1) is 6.92 Å². The third-order valence-corrected chi connectivity index (χ3v) is 3.41. The highest BCUT2D eigenvalue weighted by Crippen LogP contribution is 2.27. The van der Waals surface area contributed by atoms with E-state index in [1.807, 2.05) is 26.0 Å². The predicted molar refractivity (Wildman–Crippen MR) is 86.0 cm³/mol. The van der Waals surface area contributed by atoms with E-state index in [1.165, 1.54) is 0 Å². The molecule has 0 saturated heterocycles. The summed E-state index contributed by atoms with van der Waals surface area (Å²) in [5.41, 5.74) is 1.57. The maximum atomic E-state index is 12.3. The number of benzene rings is 1. The quantitative estimate of drug-likeness (QED) is 0.886. The van der Waals surface area contributed by atoms with Gasteiger partial charge in [0.25, 0.3) is 5.91 Å². The van der Waals surface area contributed by atoms with Crippen LogP contribution in [0.3, 0.4) is 0 Å². The average molecular weight is 318 g/mol. The number of aromatic nitrogens is 1. The van der Waals surface area contributed by atoms with Crippen molar-refractivity contribution < 1.29 is 18.7 Å². The van der Waals surface area contributed by atoms with Crippen LogP contribution >= 0.6 is 0 Å². The molecule has 0 radical (unpaired) electrons. The molecule has 6 heteroatoms. The molecule has 0 aliphatic rings. The second-order valence-electron chi connectivity index (χ2n) is 5.47. The number of ether oxygens (including phenoxy) is 2. The number of amides is 1. The summed E-state index contributed by atoms with van der Waals surface area (Å²) >= 11 is 0. The van der Waals surface area contributed by atoms with Crippen LogP contribution in [0.25, 0.3) is 0 Å². The number of methoxy groups -OCH3 is 2. The Kier molecular flexibility index (Phi) is 5.26. The van der Waals surface area contributed by atoms with Crippen LogP contribution < -0.4 is 14.8 Å². The molecule has 1 heterocycles. The van der Waals surface area contributed by atoms with Crippen LogP contribution in [0.4, 0.5) is 0 Å². The van der Waals surface area contributed by atoms with Gasteiger partial charge in [-0.2, -0.15) is 0 Å². The highest BCUT2D eigenvalue weighted by atomic mass is 16.5. The maximum Gasteiger partial charge on any atom is 0.289 e. The molecular formula is C17H22N2O4. The number of carbonyl (C=O) groups is 1. The monoisotopic (exact) mass is 318 g/mol. The minimum absolute atomic E-state index is 0.120. The van der Waals surface area contributed by atoms with E-state index >= 15 is 0 Å². The van der Waals surface area contributed by atoms with E-state index < -0.39 is 0 Å². The Morgan fingerprint density at radius 3 is 2.57 bits per heavy atom. The molecule has 0 fully saturated rings. The second-order valence-corrected chi connectivity index (χ2v) is 5.47. The molecule has 0 atom stereocenters. The van der Waals surface area contributed by atoms with Crippen molar-refractivity contribution in [2.75, 3.05) is 14.2 Å². The molecule has 6 nitrogen and oxygen atoms in total. The number of hydrogen-bond acceptors (Lipinski definition) is 5. The first kappa shape index (κ1) is 16.9. The normalized spacial score (nSPS) is 10.7. The first-order valence-electron chi connectivity index (χ1n) is 7.42. The Hall–Kier alpha value is -2.50. The van der Waals surface area contributed by atoms with Gasteiger partial charge >= 0.3 is 0 Å². The number of carbonyl (C=O) groups excluding carboxylic acids is 1. The fourth-order valence-corrected chi connectivity index (χ4v) is 2.25. The SMILES string of the molecule is COc1ccc(CNC(=O)c2oc(C)nc2C(C)C)cc1OC. The van der Waals surface area contributed by atoms with Crippen molar-refractivity contribution in [1.29, 1.82) is 0 Å². The fourth-order valence-electron chi connectivity index (χ4n) is 2.25. The molecule has 2 rings (SSSR count). The van der Waals surface area contributed by atoms with Crippen molar-refractivity contribution in [2.24, 2.45) is 0 Å². The van der Waals surface area contributed by atoms with Gasteiger partial charge in [0, 0.05) is 13.5 Å². The molecular weight excluding hydrogens is 296 g/mol. The Labute approximate surface area is 135 Å². The first-order chi connectivity index (χ1) is 11.0. The van der Waals surface area contributed by atoms with Gasteiger partial charge in [-0.15, -0.1) is 0 Å². The van der Waals surface area contributed by atoms with Crippen LogP contribution in [0.2, 0.25) is 0 Å². The Balaban J connectivity index is 2.10. The molecule has 2 aromatic rings. The Bertz CT molecular complexity index is 692. The van der Waals surface area contributed by atoms with Crippen LogP contribution in [0.15, 0.2) is 22.6 Å². The number of oxazole rings is 1.